The van der Waals surface area contributed by atoms with Gasteiger partial charge in [-0.15, -0.1) is 0 Å². The van der Waals surface area contributed by atoms with Crippen LogP contribution in [0, 0.1) is 5.92 Å². The smallest absolute Gasteiger partial charge is 0.222 e. The van der Waals surface area contributed by atoms with Crippen molar-refractivity contribution in [2.24, 2.45) is 5.92 Å². The molecule has 1 unspecified atom stereocenters. The second kappa shape index (κ2) is 7.46. The van der Waals surface area contributed by atoms with Crippen LogP contribution in [0.15, 0.2) is 24.3 Å². The maximum absolute atomic E-state index is 11.9. The Labute approximate surface area is 127 Å². The quantitative estimate of drug-likeness (QED) is 0.812. The highest BCUT2D eigenvalue weighted by Gasteiger charge is 2.23. The van der Waals surface area contributed by atoms with Gasteiger partial charge in [-0.3, -0.25) is 4.79 Å². The van der Waals surface area contributed by atoms with Gasteiger partial charge in [0.1, 0.15) is 5.75 Å². The van der Waals surface area contributed by atoms with Crippen LogP contribution in [0.3, 0.4) is 0 Å². The van der Waals surface area contributed by atoms with Crippen LogP contribution in [-0.2, 0) is 10.2 Å². The van der Waals surface area contributed by atoms with Crippen molar-refractivity contribution in [1.29, 1.82) is 0 Å². The van der Waals surface area contributed by atoms with E-state index in [1.165, 1.54) is 0 Å². The summed E-state index contributed by atoms with van der Waals surface area (Å²) in [6.07, 6.45) is -0.448. The number of carbonyl (C=O) groups excluding carboxylic acids is 1. The van der Waals surface area contributed by atoms with Crippen molar-refractivity contribution in [2.75, 3.05) is 13.7 Å². The van der Waals surface area contributed by atoms with Crippen LogP contribution in [0.4, 0.5) is 0 Å². The zero-order valence-electron chi connectivity index (χ0n) is 13.6. The molecule has 0 saturated heterocycles. The van der Waals surface area contributed by atoms with Crippen molar-refractivity contribution in [3.05, 3.63) is 29.8 Å². The highest BCUT2D eigenvalue weighted by Crippen LogP contribution is 2.25. The van der Waals surface area contributed by atoms with Crippen LogP contribution in [0.1, 0.15) is 39.7 Å². The summed E-state index contributed by atoms with van der Waals surface area (Å²) in [6, 6.07) is 7.85. The normalized spacial score (nSPS) is 13.1. The summed E-state index contributed by atoms with van der Waals surface area (Å²) in [5.74, 6) is 0.774. The van der Waals surface area contributed by atoms with E-state index in [0.29, 0.717) is 6.54 Å². The van der Waals surface area contributed by atoms with Crippen molar-refractivity contribution in [3.8, 4) is 5.75 Å². The van der Waals surface area contributed by atoms with E-state index in [4.69, 9.17) is 4.74 Å². The van der Waals surface area contributed by atoms with Crippen LogP contribution < -0.4 is 10.1 Å². The number of hydrogen-bond acceptors (Lipinski definition) is 3. The van der Waals surface area contributed by atoms with E-state index in [2.05, 4.69) is 19.2 Å². The topological polar surface area (TPSA) is 58.6 Å². The molecule has 0 radical (unpaired) electrons. The molecular formula is C17H27NO3. The summed E-state index contributed by atoms with van der Waals surface area (Å²) in [7, 11) is 1.64. The van der Waals surface area contributed by atoms with E-state index in [9.17, 15) is 9.90 Å². The first-order chi connectivity index (χ1) is 9.76. The van der Waals surface area contributed by atoms with E-state index in [-0.39, 0.29) is 23.7 Å². The first kappa shape index (κ1) is 17.5. The number of nitrogens with one attached hydrogen (secondary N) is 1. The zero-order chi connectivity index (χ0) is 16.0. The van der Waals surface area contributed by atoms with Crippen molar-refractivity contribution < 1.29 is 14.6 Å². The van der Waals surface area contributed by atoms with Crippen LogP contribution >= 0.6 is 0 Å². The predicted octanol–water partition coefficient (Wildman–Crippen LogP) is 2.50. The van der Waals surface area contributed by atoms with Crippen LogP contribution in [0.2, 0.25) is 0 Å². The van der Waals surface area contributed by atoms with Gasteiger partial charge in [-0.05, 0) is 23.6 Å². The highest BCUT2D eigenvalue weighted by molar-refractivity contribution is 5.76. The van der Waals surface area contributed by atoms with Crippen molar-refractivity contribution in [3.63, 3.8) is 0 Å². The van der Waals surface area contributed by atoms with Crippen molar-refractivity contribution >= 4 is 5.91 Å². The summed E-state index contributed by atoms with van der Waals surface area (Å²) >= 11 is 0. The average Bonchev–Trinajstić information content (AvgIpc) is 2.45. The lowest BCUT2D eigenvalue weighted by Crippen LogP contribution is -2.38. The Kier molecular flexibility index (Phi) is 6.21. The van der Waals surface area contributed by atoms with E-state index in [0.717, 1.165) is 11.3 Å². The molecule has 1 amide bonds. The molecule has 4 nitrogen and oxygen atoms in total. The van der Waals surface area contributed by atoms with Gasteiger partial charge in [0.2, 0.25) is 5.91 Å². The molecule has 0 aliphatic carbocycles. The maximum atomic E-state index is 11.9. The molecule has 0 fully saturated rings. The summed E-state index contributed by atoms with van der Waals surface area (Å²) in [5, 5.41) is 12.6. The fourth-order valence-electron chi connectivity index (χ4n) is 1.96. The third kappa shape index (κ3) is 5.38. The number of benzene rings is 1. The molecule has 0 aromatic heterocycles. The van der Waals surface area contributed by atoms with E-state index in [1.807, 2.05) is 38.1 Å². The van der Waals surface area contributed by atoms with Crippen LogP contribution in [0.25, 0.3) is 0 Å². The Morgan fingerprint density at radius 2 is 2.05 bits per heavy atom. The van der Waals surface area contributed by atoms with Gasteiger partial charge >= 0.3 is 0 Å². The number of methoxy groups -OCH3 is 1. The van der Waals surface area contributed by atoms with Gasteiger partial charge < -0.3 is 15.2 Å². The second-order valence-electron chi connectivity index (χ2n) is 6.41. The van der Waals surface area contributed by atoms with Crippen molar-refractivity contribution in [1.82, 2.24) is 5.32 Å². The number of aliphatic hydroxyl groups is 1. The summed E-state index contributed by atoms with van der Waals surface area (Å²) in [5.41, 5.74) is 0.902. The monoisotopic (exact) mass is 293 g/mol. The summed E-state index contributed by atoms with van der Waals surface area (Å²) in [4.78, 5) is 11.9. The van der Waals surface area contributed by atoms with E-state index < -0.39 is 6.10 Å². The Morgan fingerprint density at radius 1 is 1.38 bits per heavy atom. The predicted molar refractivity (Wildman–Crippen MR) is 84.5 cm³/mol. The number of rotatable bonds is 7. The molecule has 0 heterocycles. The Hall–Kier alpha value is -1.55. The van der Waals surface area contributed by atoms with Gasteiger partial charge in [-0.25, -0.2) is 0 Å². The molecule has 1 atom stereocenters. The van der Waals surface area contributed by atoms with Gasteiger partial charge in [-0.2, -0.15) is 0 Å². The zero-order valence-corrected chi connectivity index (χ0v) is 13.6. The molecule has 0 bridgehead atoms. The molecule has 21 heavy (non-hydrogen) atoms. The minimum Gasteiger partial charge on any atom is -0.497 e. The minimum atomic E-state index is -0.593. The largest absolute Gasteiger partial charge is 0.497 e. The number of carbonyl (C=O) groups is 1. The van der Waals surface area contributed by atoms with Gasteiger partial charge in [0.05, 0.1) is 19.6 Å². The molecular weight excluding hydrogens is 266 g/mol. The summed E-state index contributed by atoms with van der Waals surface area (Å²) in [6.45, 7) is 8.46. The Bertz CT molecular complexity index is 469. The number of hydrogen-bond donors (Lipinski definition) is 2. The first-order valence-electron chi connectivity index (χ1n) is 7.35. The van der Waals surface area contributed by atoms with E-state index >= 15 is 0 Å². The number of aliphatic hydroxyl groups excluding tert-OH is 1. The molecule has 1 aromatic rings. The molecule has 0 aliphatic heterocycles. The van der Waals surface area contributed by atoms with Gasteiger partial charge in [0.25, 0.3) is 0 Å². The third-order valence-corrected chi connectivity index (χ3v) is 3.74. The fraction of sp³-hybridized carbons (Fsp3) is 0.588. The first-order valence-corrected chi connectivity index (χ1v) is 7.35. The maximum Gasteiger partial charge on any atom is 0.222 e. The lowest BCUT2D eigenvalue weighted by molar-refractivity contribution is -0.123. The lowest BCUT2D eigenvalue weighted by atomic mass is 9.84. The molecule has 1 rings (SSSR count). The second-order valence-corrected chi connectivity index (χ2v) is 6.41. The summed E-state index contributed by atoms with van der Waals surface area (Å²) < 4.78 is 5.23. The molecule has 118 valence electrons. The standard InChI is InChI=1S/C17H27NO3/c1-12(2)15(19)10-16(20)18-11-17(3,4)13-7-6-8-14(9-13)21-5/h6-9,12,15,19H,10-11H2,1-5H3,(H,18,20). The molecule has 2 N–H and O–H groups in total. The number of ether oxygens (including phenoxy) is 1. The molecule has 1 aromatic carbocycles. The minimum absolute atomic E-state index is 0.0853. The van der Waals surface area contributed by atoms with Gasteiger partial charge in [0, 0.05) is 12.0 Å². The molecule has 4 heteroatoms. The van der Waals surface area contributed by atoms with Gasteiger partial charge in [0.15, 0.2) is 0 Å². The SMILES string of the molecule is COc1cccc(C(C)(C)CNC(=O)CC(O)C(C)C)c1. The van der Waals surface area contributed by atoms with Crippen molar-refractivity contribution in [2.45, 2.75) is 45.6 Å². The van der Waals surface area contributed by atoms with Gasteiger partial charge in [-0.1, -0.05) is 39.8 Å². The molecule has 0 aliphatic rings. The molecule has 0 spiro atoms. The molecule has 0 saturated carbocycles. The Balaban J connectivity index is 2.61. The lowest BCUT2D eigenvalue weighted by Gasteiger charge is -2.26. The van der Waals surface area contributed by atoms with Crippen LogP contribution in [-0.4, -0.2) is 30.8 Å². The highest BCUT2D eigenvalue weighted by atomic mass is 16.5. The average molecular weight is 293 g/mol. The Morgan fingerprint density at radius 3 is 2.62 bits per heavy atom. The van der Waals surface area contributed by atoms with E-state index in [1.54, 1.807) is 7.11 Å². The van der Waals surface area contributed by atoms with Crippen LogP contribution in [0.5, 0.6) is 5.75 Å². The number of amides is 1. The fourth-order valence-corrected chi connectivity index (χ4v) is 1.96. The third-order valence-electron chi connectivity index (χ3n) is 3.74.